The lowest BCUT2D eigenvalue weighted by Gasteiger charge is -2.38. The van der Waals surface area contributed by atoms with Crippen LogP contribution in [0.4, 0.5) is 4.39 Å². The second kappa shape index (κ2) is 10.7. The fourth-order valence-electron chi connectivity index (χ4n) is 5.57. The number of piperidine rings is 1. The number of hydrogen-bond acceptors (Lipinski definition) is 6. The van der Waals surface area contributed by atoms with Crippen LogP contribution in [0.3, 0.4) is 0 Å². The lowest BCUT2D eigenvalue weighted by atomic mass is 9.86. The van der Waals surface area contributed by atoms with E-state index in [4.69, 9.17) is 14.0 Å². The third-order valence-electron chi connectivity index (χ3n) is 7.10. The van der Waals surface area contributed by atoms with Crippen molar-refractivity contribution in [2.24, 2.45) is 0 Å². The first-order valence-corrected chi connectivity index (χ1v) is 11.7. The number of aromatic nitrogens is 1. The van der Waals surface area contributed by atoms with E-state index in [2.05, 4.69) is 10.1 Å². The van der Waals surface area contributed by atoms with Crippen molar-refractivity contribution in [1.29, 1.82) is 0 Å². The molecule has 2 bridgehead atoms. The van der Waals surface area contributed by atoms with Crippen molar-refractivity contribution in [3.8, 4) is 11.5 Å². The average molecular weight is 489 g/mol. The van der Waals surface area contributed by atoms with Crippen molar-refractivity contribution >= 4 is 29.7 Å². The molecule has 182 valence electrons. The van der Waals surface area contributed by atoms with Gasteiger partial charge in [0.25, 0.3) is 0 Å². The van der Waals surface area contributed by atoms with Crippen LogP contribution >= 0.6 is 12.4 Å². The number of benzene rings is 2. The Bertz CT molecular complexity index is 1120. The number of fused-ring (bicyclic) bond motifs is 3. The highest BCUT2D eigenvalue weighted by Gasteiger charge is 2.41. The van der Waals surface area contributed by atoms with E-state index in [-0.39, 0.29) is 18.2 Å². The predicted molar refractivity (Wildman–Crippen MR) is 130 cm³/mol. The Hall–Kier alpha value is -2.64. The largest absolute Gasteiger partial charge is 0.493 e. The van der Waals surface area contributed by atoms with Crippen LogP contribution in [0.5, 0.6) is 11.5 Å². The number of ether oxygens (including phenoxy) is 2. The zero-order valence-electron chi connectivity index (χ0n) is 19.2. The number of carbonyl (C=O) groups excluding carboxylic acids is 1. The number of halogens is 2. The van der Waals surface area contributed by atoms with Gasteiger partial charge in [-0.3, -0.25) is 4.90 Å². The second-order valence-electron chi connectivity index (χ2n) is 9.06. The molecule has 0 saturated carbocycles. The number of carbonyl (C=O) groups is 1. The number of methoxy groups -OCH3 is 1. The van der Waals surface area contributed by atoms with Crippen molar-refractivity contribution in [3.63, 3.8) is 0 Å². The van der Waals surface area contributed by atoms with E-state index < -0.39 is 0 Å². The zero-order chi connectivity index (χ0) is 22.8. The monoisotopic (exact) mass is 488 g/mol. The fourth-order valence-corrected chi connectivity index (χ4v) is 5.57. The fraction of sp³-hybridized carbons (Fsp3) is 0.462. The number of aldehydes is 1. The predicted octanol–water partition coefficient (Wildman–Crippen LogP) is 5.32. The molecule has 6 nitrogen and oxygen atoms in total. The first-order chi connectivity index (χ1) is 16.2. The Morgan fingerprint density at radius 2 is 1.94 bits per heavy atom. The molecule has 0 spiro atoms. The van der Waals surface area contributed by atoms with Gasteiger partial charge in [-0.1, -0.05) is 11.2 Å². The van der Waals surface area contributed by atoms with Crippen molar-refractivity contribution in [1.82, 2.24) is 10.1 Å². The summed E-state index contributed by atoms with van der Waals surface area (Å²) < 4.78 is 30.3. The molecule has 2 saturated heterocycles. The highest BCUT2D eigenvalue weighted by molar-refractivity contribution is 5.85. The highest BCUT2D eigenvalue weighted by Crippen LogP contribution is 2.44. The van der Waals surface area contributed by atoms with Crippen LogP contribution in [0.15, 0.2) is 40.9 Å². The quantitative estimate of drug-likeness (QED) is 0.300. The molecule has 1 aromatic heterocycles. The maximum absolute atomic E-state index is 13.5. The molecule has 3 aromatic rings. The van der Waals surface area contributed by atoms with Crippen LogP contribution in [-0.2, 0) is 11.2 Å². The van der Waals surface area contributed by atoms with Crippen molar-refractivity contribution < 1.29 is 23.2 Å². The van der Waals surface area contributed by atoms with Crippen LogP contribution in [0.25, 0.3) is 11.0 Å². The smallest absolute Gasteiger partial charge is 0.170 e. The number of rotatable bonds is 9. The molecular weight excluding hydrogens is 459 g/mol. The Morgan fingerprint density at radius 3 is 2.68 bits per heavy atom. The van der Waals surface area contributed by atoms with Gasteiger partial charge >= 0.3 is 0 Å². The third-order valence-corrected chi connectivity index (χ3v) is 7.10. The minimum Gasteiger partial charge on any atom is -0.493 e. The van der Waals surface area contributed by atoms with Gasteiger partial charge < -0.3 is 18.8 Å². The van der Waals surface area contributed by atoms with E-state index in [0.717, 1.165) is 48.7 Å². The average Bonchev–Trinajstić information content (AvgIpc) is 3.33. The standard InChI is InChI=1S/C26H29FN2O4.ClH/c1-31-25-13-17(9-11-30)3-8-23(25)32-12-2-10-29-20-5-6-21(29)15-18(14-20)26-22-7-4-19(27)16-24(22)33-28-26;/h3-4,7-8,11,13,16,18,20-21H,2,5-6,9-10,12,14-15H2,1H3;1H. The van der Waals surface area contributed by atoms with E-state index in [1.165, 1.54) is 25.0 Å². The topological polar surface area (TPSA) is 64.8 Å². The SMILES string of the molecule is COc1cc(CC=O)ccc1OCCCN1C2CCC1CC(c1noc3cc(F)ccc13)C2.Cl. The first-order valence-electron chi connectivity index (χ1n) is 11.7. The van der Waals surface area contributed by atoms with E-state index in [9.17, 15) is 9.18 Å². The van der Waals surface area contributed by atoms with Crippen molar-refractivity contribution in [2.45, 2.75) is 56.5 Å². The van der Waals surface area contributed by atoms with Crippen LogP contribution in [0.2, 0.25) is 0 Å². The first kappa shape index (κ1) is 24.5. The second-order valence-corrected chi connectivity index (χ2v) is 9.06. The molecule has 3 heterocycles. The molecule has 2 unspecified atom stereocenters. The lowest BCUT2D eigenvalue weighted by Crippen LogP contribution is -2.43. The van der Waals surface area contributed by atoms with Crippen LogP contribution in [-0.4, -0.2) is 48.7 Å². The summed E-state index contributed by atoms with van der Waals surface area (Å²) in [6, 6.07) is 11.4. The van der Waals surface area contributed by atoms with Crippen LogP contribution in [0, 0.1) is 5.82 Å². The van der Waals surface area contributed by atoms with E-state index >= 15 is 0 Å². The van der Waals surface area contributed by atoms with Gasteiger partial charge in [-0.15, -0.1) is 12.4 Å². The van der Waals surface area contributed by atoms with Crippen molar-refractivity contribution in [2.75, 3.05) is 20.3 Å². The summed E-state index contributed by atoms with van der Waals surface area (Å²) in [6.45, 7) is 1.61. The lowest BCUT2D eigenvalue weighted by molar-refractivity contribution is -0.107. The summed E-state index contributed by atoms with van der Waals surface area (Å²) in [5, 5.41) is 5.25. The van der Waals surface area contributed by atoms with Gasteiger partial charge in [0.2, 0.25) is 0 Å². The van der Waals surface area contributed by atoms with E-state index in [0.29, 0.717) is 48.1 Å². The van der Waals surface area contributed by atoms with Crippen LogP contribution in [0.1, 0.15) is 49.3 Å². The van der Waals surface area contributed by atoms with Gasteiger partial charge in [0, 0.05) is 42.4 Å². The normalized spacial score (nSPS) is 21.9. The number of hydrogen-bond donors (Lipinski definition) is 0. The Labute approximate surface area is 204 Å². The molecule has 0 radical (unpaired) electrons. The molecule has 0 aliphatic carbocycles. The molecule has 34 heavy (non-hydrogen) atoms. The van der Waals surface area contributed by atoms with Crippen molar-refractivity contribution in [3.05, 3.63) is 53.5 Å². The zero-order valence-corrected chi connectivity index (χ0v) is 20.1. The van der Waals surface area contributed by atoms with Crippen LogP contribution < -0.4 is 9.47 Å². The molecule has 2 atom stereocenters. The van der Waals surface area contributed by atoms with Gasteiger partial charge in [-0.2, -0.15) is 0 Å². The molecule has 0 N–H and O–H groups in total. The van der Waals surface area contributed by atoms with Gasteiger partial charge in [-0.25, -0.2) is 4.39 Å². The molecule has 2 fully saturated rings. The highest BCUT2D eigenvalue weighted by atomic mass is 35.5. The molecule has 2 aromatic carbocycles. The molecule has 2 aliphatic heterocycles. The van der Waals surface area contributed by atoms with E-state index in [1.54, 1.807) is 13.2 Å². The maximum Gasteiger partial charge on any atom is 0.170 e. The molecule has 5 rings (SSSR count). The summed E-state index contributed by atoms with van der Waals surface area (Å²) in [5.41, 5.74) is 2.43. The Kier molecular flexibility index (Phi) is 7.73. The summed E-state index contributed by atoms with van der Waals surface area (Å²) in [6.07, 6.45) is 6.72. The molecule has 0 amide bonds. The Morgan fingerprint density at radius 1 is 1.15 bits per heavy atom. The summed E-state index contributed by atoms with van der Waals surface area (Å²) >= 11 is 0. The molecule has 2 aliphatic rings. The minimum absolute atomic E-state index is 0. The van der Waals surface area contributed by atoms with Gasteiger partial charge in [0.1, 0.15) is 12.1 Å². The van der Waals surface area contributed by atoms with Gasteiger partial charge in [0.15, 0.2) is 17.1 Å². The molecular formula is C26H30ClFN2O4. The van der Waals surface area contributed by atoms with E-state index in [1.807, 2.05) is 18.2 Å². The summed E-state index contributed by atoms with van der Waals surface area (Å²) in [7, 11) is 1.61. The third kappa shape index (κ3) is 4.91. The summed E-state index contributed by atoms with van der Waals surface area (Å²) in [5.74, 6) is 1.44. The van der Waals surface area contributed by atoms with Gasteiger partial charge in [-0.05, 0) is 61.9 Å². The van der Waals surface area contributed by atoms with Gasteiger partial charge in [0.05, 0.1) is 19.4 Å². The minimum atomic E-state index is -0.295. The Balaban J connectivity index is 0.00000274. The maximum atomic E-state index is 13.5. The summed E-state index contributed by atoms with van der Waals surface area (Å²) in [4.78, 5) is 13.4. The molecule has 8 heteroatoms. The number of nitrogens with zero attached hydrogens (tertiary/aromatic N) is 2.